The molecule has 3 rings (SSSR count). The number of fused-ring (bicyclic) bond motifs is 1. The van der Waals surface area contributed by atoms with Gasteiger partial charge in [0.2, 0.25) is 0 Å². The second-order valence-electron chi connectivity index (χ2n) is 5.50. The third kappa shape index (κ3) is 3.46. The maximum atomic E-state index is 12.4. The van der Waals surface area contributed by atoms with Crippen LogP contribution in [0.4, 0.5) is 0 Å². The van der Waals surface area contributed by atoms with Crippen LogP contribution >= 0.6 is 11.3 Å². The van der Waals surface area contributed by atoms with Gasteiger partial charge in [-0.15, -0.1) is 11.3 Å². The van der Waals surface area contributed by atoms with Crippen LogP contribution in [0.5, 0.6) is 0 Å². The molecule has 0 bridgehead atoms. The molecule has 2 aromatic carbocycles. The molecule has 0 aliphatic heterocycles. The summed E-state index contributed by atoms with van der Waals surface area (Å²) in [5.41, 5.74) is 0.196. The monoisotopic (exact) mass is 342 g/mol. The second kappa shape index (κ2) is 7.09. The van der Waals surface area contributed by atoms with Gasteiger partial charge in [-0.1, -0.05) is 42.5 Å². The van der Waals surface area contributed by atoms with Crippen LogP contribution in [0, 0.1) is 0 Å². The number of carbonyl (C=O) groups is 1. The van der Waals surface area contributed by atoms with E-state index in [2.05, 4.69) is 10.3 Å². The quantitative estimate of drug-likeness (QED) is 0.722. The van der Waals surface area contributed by atoms with E-state index in [-0.39, 0.29) is 19.1 Å². The number of methoxy groups -OCH3 is 1. The lowest BCUT2D eigenvalue weighted by Crippen LogP contribution is -2.43. The van der Waals surface area contributed by atoms with Crippen molar-refractivity contribution >= 4 is 27.5 Å². The zero-order chi connectivity index (χ0) is 17.0. The Morgan fingerprint density at radius 2 is 1.92 bits per heavy atom. The van der Waals surface area contributed by atoms with Crippen LogP contribution in [-0.2, 0) is 10.3 Å². The molecular formula is C18H18N2O3S. The maximum absolute atomic E-state index is 12.4. The SMILES string of the molecule is COCC(O)(CNC(=O)c1nc2ccccc2s1)c1ccccc1. The van der Waals surface area contributed by atoms with E-state index in [1.807, 2.05) is 54.6 Å². The summed E-state index contributed by atoms with van der Waals surface area (Å²) in [7, 11) is 1.52. The summed E-state index contributed by atoms with van der Waals surface area (Å²) in [6.07, 6.45) is 0. The van der Waals surface area contributed by atoms with Crippen molar-refractivity contribution in [3.05, 3.63) is 65.2 Å². The number of hydrogen-bond donors (Lipinski definition) is 2. The van der Waals surface area contributed by atoms with Gasteiger partial charge in [-0.3, -0.25) is 4.79 Å². The molecule has 1 heterocycles. The first kappa shape index (κ1) is 16.6. The van der Waals surface area contributed by atoms with Crippen LogP contribution in [0.3, 0.4) is 0 Å². The van der Waals surface area contributed by atoms with Crippen molar-refractivity contribution in [3.8, 4) is 0 Å². The first-order valence-electron chi connectivity index (χ1n) is 7.53. The van der Waals surface area contributed by atoms with Crippen LogP contribution in [0.1, 0.15) is 15.4 Å². The average Bonchev–Trinajstić information content (AvgIpc) is 3.05. The predicted molar refractivity (Wildman–Crippen MR) is 94.2 cm³/mol. The summed E-state index contributed by atoms with van der Waals surface area (Å²) in [6, 6.07) is 16.8. The highest BCUT2D eigenvalue weighted by Gasteiger charge is 2.30. The minimum absolute atomic E-state index is 0.0413. The fourth-order valence-corrected chi connectivity index (χ4v) is 3.38. The van der Waals surface area contributed by atoms with Crippen LogP contribution in [0.2, 0.25) is 0 Å². The van der Waals surface area contributed by atoms with Gasteiger partial charge in [0.15, 0.2) is 5.01 Å². The molecule has 0 radical (unpaired) electrons. The van der Waals surface area contributed by atoms with Gasteiger partial charge in [-0.25, -0.2) is 4.98 Å². The smallest absolute Gasteiger partial charge is 0.280 e. The number of aliphatic hydroxyl groups is 1. The van der Waals surface area contributed by atoms with Crippen molar-refractivity contribution in [2.75, 3.05) is 20.3 Å². The number of amides is 1. The van der Waals surface area contributed by atoms with Crippen molar-refractivity contribution in [1.82, 2.24) is 10.3 Å². The highest BCUT2D eigenvalue weighted by Crippen LogP contribution is 2.23. The number of benzene rings is 2. The summed E-state index contributed by atoms with van der Waals surface area (Å²) < 4.78 is 6.09. The molecule has 0 aliphatic carbocycles. The Hall–Kier alpha value is -2.28. The van der Waals surface area contributed by atoms with Gasteiger partial charge in [0.25, 0.3) is 5.91 Å². The molecule has 0 fully saturated rings. The molecule has 0 spiro atoms. The van der Waals surface area contributed by atoms with Crippen LogP contribution < -0.4 is 5.32 Å². The highest BCUT2D eigenvalue weighted by atomic mass is 32.1. The zero-order valence-electron chi connectivity index (χ0n) is 13.2. The average molecular weight is 342 g/mol. The Bertz CT molecular complexity index is 801. The number of para-hydroxylation sites is 1. The number of carbonyl (C=O) groups excluding carboxylic acids is 1. The summed E-state index contributed by atoms with van der Waals surface area (Å²) >= 11 is 1.33. The lowest BCUT2D eigenvalue weighted by molar-refractivity contribution is -0.0334. The molecular weight excluding hydrogens is 324 g/mol. The fraction of sp³-hybridized carbons (Fsp3) is 0.222. The number of nitrogens with zero attached hydrogens (tertiary/aromatic N) is 1. The lowest BCUT2D eigenvalue weighted by Gasteiger charge is -2.28. The van der Waals surface area contributed by atoms with Crippen LogP contribution in [-0.4, -0.2) is 36.3 Å². The third-order valence-corrected chi connectivity index (χ3v) is 4.76. The second-order valence-corrected chi connectivity index (χ2v) is 6.53. The Kier molecular flexibility index (Phi) is 4.89. The van der Waals surface area contributed by atoms with E-state index in [1.165, 1.54) is 18.4 Å². The lowest BCUT2D eigenvalue weighted by atomic mass is 9.94. The van der Waals surface area contributed by atoms with E-state index < -0.39 is 5.60 Å². The summed E-state index contributed by atoms with van der Waals surface area (Å²) in [6.45, 7) is 0.122. The van der Waals surface area contributed by atoms with E-state index in [9.17, 15) is 9.90 Å². The Morgan fingerprint density at radius 1 is 1.21 bits per heavy atom. The number of aromatic nitrogens is 1. The highest BCUT2D eigenvalue weighted by molar-refractivity contribution is 7.20. The van der Waals surface area contributed by atoms with Crippen molar-refractivity contribution in [3.63, 3.8) is 0 Å². The van der Waals surface area contributed by atoms with Gasteiger partial charge in [0.05, 0.1) is 23.4 Å². The van der Waals surface area contributed by atoms with E-state index in [1.54, 1.807) is 0 Å². The molecule has 0 aliphatic rings. The summed E-state index contributed by atoms with van der Waals surface area (Å²) in [4.78, 5) is 16.7. The van der Waals surface area contributed by atoms with Gasteiger partial charge in [0, 0.05) is 7.11 Å². The van der Waals surface area contributed by atoms with Crippen molar-refractivity contribution < 1.29 is 14.6 Å². The van der Waals surface area contributed by atoms with E-state index >= 15 is 0 Å². The first-order chi connectivity index (χ1) is 11.6. The van der Waals surface area contributed by atoms with Crippen LogP contribution in [0.25, 0.3) is 10.2 Å². The van der Waals surface area contributed by atoms with Gasteiger partial charge in [-0.05, 0) is 17.7 Å². The number of hydrogen-bond acceptors (Lipinski definition) is 5. The maximum Gasteiger partial charge on any atom is 0.280 e. The standard InChI is InChI=1S/C18H18N2O3S/c1-23-12-18(22,13-7-3-2-4-8-13)11-19-16(21)17-20-14-9-5-6-10-15(14)24-17/h2-10,22H,11-12H2,1H3,(H,19,21). The van der Waals surface area contributed by atoms with Crippen molar-refractivity contribution in [2.24, 2.45) is 0 Å². The number of rotatable bonds is 6. The molecule has 124 valence electrons. The molecule has 5 nitrogen and oxygen atoms in total. The summed E-state index contributed by atoms with van der Waals surface area (Å²) in [5.74, 6) is -0.304. The molecule has 24 heavy (non-hydrogen) atoms. The normalized spacial score (nSPS) is 13.6. The molecule has 2 N–H and O–H groups in total. The number of ether oxygens (including phenoxy) is 1. The largest absolute Gasteiger partial charge is 0.381 e. The van der Waals surface area contributed by atoms with Gasteiger partial charge < -0.3 is 15.2 Å². The minimum atomic E-state index is -1.29. The Morgan fingerprint density at radius 3 is 2.62 bits per heavy atom. The fourth-order valence-electron chi connectivity index (χ4n) is 2.50. The molecule has 0 saturated heterocycles. The Balaban J connectivity index is 1.75. The van der Waals surface area contributed by atoms with Crippen LogP contribution in [0.15, 0.2) is 54.6 Å². The molecule has 1 amide bonds. The number of thiazole rings is 1. The third-order valence-electron chi connectivity index (χ3n) is 3.72. The van der Waals surface area contributed by atoms with Gasteiger partial charge >= 0.3 is 0 Å². The molecule has 3 aromatic rings. The molecule has 6 heteroatoms. The van der Waals surface area contributed by atoms with E-state index in [0.717, 1.165) is 10.2 Å². The molecule has 1 aromatic heterocycles. The zero-order valence-corrected chi connectivity index (χ0v) is 14.0. The van der Waals surface area contributed by atoms with Gasteiger partial charge in [-0.2, -0.15) is 0 Å². The molecule has 0 saturated carbocycles. The van der Waals surface area contributed by atoms with E-state index in [0.29, 0.717) is 10.6 Å². The first-order valence-corrected chi connectivity index (χ1v) is 8.35. The molecule has 1 unspecified atom stereocenters. The van der Waals surface area contributed by atoms with Gasteiger partial charge in [0.1, 0.15) is 5.60 Å². The number of nitrogens with one attached hydrogen (secondary N) is 1. The van der Waals surface area contributed by atoms with E-state index in [4.69, 9.17) is 4.74 Å². The molecule has 1 atom stereocenters. The van der Waals surface area contributed by atoms with Crippen molar-refractivity contribution in [2.45, 2.75) is 5.60 Å². The predicted octanol–water partition coefficient (Wildman–Crippen LogP) is 2.56. The summed E-state index contributed by atoms with van der Waals surface area (Å²) in [5, 5.41) is 14.0. The Labute approximate surface area is 143 Å². The van der Waals surface area contributed by atoms with Crippen molar-refractivity contribution in [1.29, 1.82) is 0 Å². The minimum Gasteiger partial charge on any atom is -0.381 e. The topological polar surface area (TPSA) is 71.5 Å².